The van der Waals surface area contributed by atoms with Gasteiger partial charge in [-0.05, 0) is 31.9 Å². The monoisotopic (exact) mass is 318 g/mol. The summed E-state index contributed by atoms with van der Waals surface area (Å²) >= 11 is 0. The fraction of sp³-hybridized carbons (Fsp3) is 0.529. The summed E-state index contributed by atoms with van der Waals surface area (Å²) in [7, 11) is 0. The molecule has 0 unspecified atom stereocenters. The molecule has 1 aliphatic heterocycles. The number of hydrogen-bond acceptors (Lipinski definition) is 4. The zero-order valence-electron chi connectivity index (χ0n) is 13.7. The average Bonchev–Trinajstić information content (AvgIpc) is 2.56. The minimum Gasteiger partial charge on any atom is -0.384 e. The van der Waals surface area contributed by atoms with E-state index in [1.165, 1.54) is 19.3 Å². The second-order valence-corrected chi connectivity index (χ2v) is 5.93. The number of piperidine rings is 1. The molecule has 3 N–H and O–H groups in total. The lowest BCUT2D eigenvalue weighted by Crippen LogP contribution is -2.43. The lowest BCUT2D eigenvalue weighted by atomic mass is 10.0. The third-order valence-electron chi connectivity index (χ3n) is 4.02. The molecule has 0 spiro atoms. The van der Waals surface area contributed by atoms with E-state index in [4.69, 9.17) is 10.6 Å². The Morgan fingerprint density at radius 2 is 2.17 bits per heavy atom. The molecule has 0 saturated carbocycles. The number of amides is 1. The van der Waals surface area contributed by atoms with Crippen LogP contribution in [0.1, 0.15) is 31.7 Å². The van der Waals surface area contributed by atoms with Crippen molar-refractivity contribution in [2.45, 2.75) is 38.8 Å². The van der Waals surface area contributed by atoms with Crippen molar-refractivity contribution in [1.82, 2.24) is 10.2 Å². The van der Waals surface area contributed by atoms with Gasteiger partial charge in [0.25, 0.3) is 5.91 Å². The number of nitrogens with zero attached hydrogens (tertiary/aromatic N) is 2. The van der Waals surface area contributed by atoms with Gasteiger partial charge in [-0.1, -0.05) is 41.9 Å². The van der Waals surface area contributed by atoms with E-state index in [0.29, 0.717) is 25.0 Å². The lowest BCUT2D eigenvalue weighted by molar-refractivity contribution is -0.125. The highest BCUT2D eigenvalue weighted by Gasteiger charge is 2.18. The smallest absolute Gasteiger partial charge is 0.261 e. The van der Waals surface area contributed by atoms with E-state index >= 15 is 0 Å². The average molecular weight is 318 g/mol. The van der Waals surface area contributed by atoms with Crippen LogP contribution in [0.2, 0.25) is 0 Å². The zero-order chi connectivity index (χ0) is 16.5. The summed E-state index contributed by atoms with van der Waals surface area (Å²) < 4.78 is 0. The van der Waals surface area contributed by atoms with E-state index in [2.05, 4.69) is 22.3 Å². The number of carbonyl (C=O) groups excluding carboxylic acids is 1. The van der Waals surface area contributed by atoms with Crippen LogP contribution in [0.25, 0.3) is 0 Å². The summed E-state index contributed by atoms with van der Waals surface area (Å²) in [5.74, 6) is 0.200. The minimum atomic E-state index is -0.211. The summed E-state index contributed by atoms with van der Waals surface area (Å²) in [6, 6.07) is 10.2. The van der Waals surface area contributed by atoms with Crippen LogP contribution in [0, 0.1) is 0 Å². The maximum atomic E-state index is 11.7. The second kappa shape index (κ2) is 9.15. The van der Waals surface area contributed by atoms with Gasteiger partial charge in [-0.3, -0.25) is 9.69 Å². The molecule has 126 valence electrons. The van der Waals surface area contributed by atoms with Gasteiger partial charge in [0.2, 0.25) is 0 Å². The molecule has 1 fully saturated rings. The van der Waals surface area contributed by atoms with Gasteiger partial charge in [-0.25, -0.2) is 0 Å². The third-order valence-corrected chi connectivity index (χ3v) is 4.02. The molecule has 0 bridgehead atoms. The molecule has 1 aliphatic rings. The van der Waals surface area contributed by atoms with Gasteiger partial charge in [0.05, 0.1) is 6.54 Å². The van der Waals surface area contributed by atoms with E-state index < -0.39 is 0 Å². The van der Waals surface area contributed by atoms with Crippen molar-refractivity contribution >= 4 is 11.7 Å². The summed E-state index contributed by atoms with van der Waals surface area (Å²) in [6.07, 6.45) is 3.66. The first-order chi connectivity index (χ1) is 11.1. The van der Waals surface area contributed by atoms with Gasteiger partial charge in [0.1, 0.15) is 0 Å². The molecule has 2 rings (SSSR count). The predicted molar refractivity (Wildman–Crippen MR) is 90.7 cm³/mol. The van der Waals surface area contributed by atoms with Crippen molar-refractivity contribution in [2.75, 3.05) is 19.7 Å². The summed E-state index contributed by atoms with van der Waals surface area (Å²) in [5, 5.41) is 6.62. The van der Waals surface area contributed by atoms with Crippen molar-refractivity contribution in [3.8, 4) is 0 Å². The number of nitrogens with one attached hydrogen (secondary N) is 1. The SMILES string of the molecule is C[C@H]1CCCCN1C/C(N)=N\OCC(=O)NCc1ccccc1. The molecule has 1 aromatic rings. The quantitative estimate of drug-likeness (QED) is 0.453. The first kappa shape index (κ1) is 17.3. The molecule has 23 heavy (non-hydrogen) atoms. The fourth-order valence-corrected chi connectivity index (χ4v) is 2.65. The maximum absolute atomic E-state index is 11.7. The Balaban J connectivity index is 1.65. The standard InChI is InChI=1S/C17H26N4O2/c1-14-7-5-6-10-21(14)12-16(18)20-23-13-17(22)19-11-15-8-3-2-4-9-15/h2-4,8-9,14H,5-7,10-13H2,1H3,(H2,18,20)(H,19,22)/t14-/m0/s1. The Morgan fingerprint density at radius 1 is 1.39 bits per heavy atom. The number of amidine groups is 1. The minimum absolute atomic E-state index is 0.122. The number of oxime groups is 1. The summed E-state index contributed by atoms with van der Waals surface area (Å²) in [5.41, 5.74) is 6.91. The van der Waals surface area contributed by atoms with Gasteiger partial charge >= 0.3 is 0 Å². The van der Waals surface area contributed by atoms with Crippen LogP contribution in [0.15, 0.2) is 35.5 Å². The van der Waals surface area contributed by atoms with Gasteiger partial charge in [0.15, 0.2) is 12.4 Å². The lowest BCUT2D eigenvalue weighted by Gasteiger charge is -2.32. The number of hydrogen-bond donors (Lipinski definition) is 2. The second-order valence-electron chi connectivity index (χ2n) is 5.93. The van der Waals surface area contributed by atoms with Gasteiger partial charge < -0.3 is 15.9 Å². The number of benzene rings is 1. The highest BCUT2D eigenvalue weighted by Crippen LogP contribution is 2.15. The molecule has 1 amide bonds. The van der Waals surface area contributed by atoms with Crippen molar-refractivity contribution < 1.29 is 9.63 Å². The van der Waals surface area contributed by atoms with Crippen LogP contribution in [0.5, 0.6) is 0 Å². The molecule has 6 nitrogen and oxygen atoms in total. The Bertz CT molecular complexity index is 519. The molecule has 1 saturated heterocycles. The van der Waals surface area contributed by atoms with E-state index in [1.54, 1.807) is 0 Å². The van der Waals surface area contributed by atoms with E-state index in [1.807, 2.05) is 30.3 Å². The Kier molecular flexibility index (Phi) is 6.87. The van der Waals surface area contributed by atoms with Crippen LogP contribution in [-0.4, -0.2) is 42.4 Å². The van der Waals surface area contributed by atoms with E-state index in [0.717, 1.165) is 12.1 Å². The number of likely N-dealkylation sites (tertiary alicyclic amines) is 1. The summed E-state index contributed by atoms with van der Waals surface area (Å²) in [4.78, 5) is 19.0. The van der Waals surface area contributed by atoms with Crippen molar-refractivity contribution in [2.24, 2.45) is 10.9 Å². The highest BCUT2D eigenvalue weighted by atomic mass is 16.6. The predicted octanol–water partition coefficient (Wildman–Crippen LogP) is 1.47. The first-order valence-electron chi connectivity index (χ1n) is 8.14. The van der Waals surface area contributed by atoms with E-state index in [-0.39, 0.29) is 12.5 Å². The van der Waals surface area contributed by atoms with Crippen LogP contribution >= 0.6 is 0 Å². The number of rotatable bonds is 7. The Labute approximate surface area is 137 Å². The van der Waals surface area contributed by atoms with Crippen molar-refractivity contribution in [3.63, 3.8) is 0 Å². The molecule has 1 atom stereocenters. The number of carbonyl (C=O) groups is 1. The molecule has 0 aromatic heterocycles. The Hall–Kier alpha value is -2.08. The fourth-order valence-electron chi connectivity index (χ4n) is 2.65. The maximum Gasteiger partial charge on any atom is 0.261 e. The molecule has 1 aromatic carbocycles. The van der Waals surface area contributed by atoms with Gasteiger partial charge in [-0.2, -0.15) is 0 Å². The first-order valence-corrected chi connectivity index (χ1v) is 8.14. The molecular formula is C17H26N4O2. The molecular weight excluding hydrogens is 292 g/mol. The normalized spacial score (nSPS) is 19.3. The van der Waals surface area contributed by atoms with Crippen LogP contribution in [-0.2, 0) is 16.2 Å². The van der Waals surface area contributed by atoms with E-state index in [9.17, 15) is 4.79 Å². The molecule has 0 radical (unpaired) electrons. The topological polar surface area (TPSA) is 79.9 Å². The number of nitrogens with two attached hydrogens (primary N) is 1. The molecule has 6 heteroatoms. The summed E-state index contributed by atoms with van der Waals surface area (Å²) in [6.45, 7) is 4.18. The van der Waals surface area contributed by atoms with Crippen LogP contribution < -0.4 is 11.1 Å². The van der Waals surface area contributed by atoms with Gasteiger partial charge in [0, 0.05) is 12.6 Å². The third kappa shape index (κ3) is 6.28. The van der Waals surface area contributed by atoms with Crippen LogP contribution in [0.4, 0.5) is 0 Å². The highest BCUT2D eigenvalue weighted by molar-refractivity contribution is 5.82. The largest absolute Gasteiger partial charge is 0.384 e. The van der Waals surface area contributed by atoms with Crippen LogP contribution in [0.3, 0.4) is 0 Å². The zero-order valence-corrected chi connectivity index (χ0v) is 13.7. The van der Waals surface area contributed by atoms with Gasteiger partial charge in [-0.15, -0.1) is 0 Å². The van der Waals surface area contributed by atoms with Crippen molar-refractivity contribution in [3.05, 3.63) is 35.9 Å². The molecule has 1 heterocycles. The molecule has 0 aliphatic carbocycles. The van der Waals surface area contributed by atoms with Crippen molar-refractivity contribution in [1.29, 1.82) is 0 Å². The Morgan fingerprint density at radius 3 is 2.91 bits per heavy atom.